The molecule has 0 saturated heterocycles. The van der Waals surface area contributed by atoms with Crippen LogP contribution < -0.4 is 10.1 Å². The van der Waals surface area contributed by atoms with Crippen LogP contribution in [-0.2, 0) is 10.0 Å². The van der Waals surface area contributed by atoms with Gasteiger partial charge in [0.05, 0.1) is 6.61 Å². The average Bonchev–Trinajstić information content (AvgIpc) is 2.80. The highest BCUT2D eigenvalue weighted by molar-refractivity contribution is 7.89. The summed E-state index contributed by atoms with van der Waals surface area (Å²) >= 11 is 0. The number of carbonyl (C=O) groups is 1. The molecule has 0 fully saturated rings. The minimum atomic E-state index is -3.89. The Bertz CT molecular complexity index is 1100. The fourth-order valence-corrected chi connectivity index (χ4v) is 5.77. The lowest BCUT2D eigenvalue weighted by molar-refractivity contribution is 0.0827. The summed E-state index contributed by atoms with van der Waals surface area (Å²) in [7, 11) is 1.33. The third-order valence-electron chi connectivity index (χ3n) is 5.92. The highest BCUT2D eigenvalue weighted by atomic mass is 32.2. The number of hydrogen-bond acceptors (Lipinski definition) is 6. The Morgan fingerprint density at radius 2 is 1.94 bits per heavy atom. The molecule has 33 heavy (non-hydrogen) atoms. The van der Waals surface area contributed by atoms with E-state index in [-0.39, 0.29) is 41.7 Å². The van der Waals surface area contributed by atoms with Crippen LogP contribution in [0.15, 0.2) is 47.4 Å². The lowest BCUT2D eigenvalue weighted by atomic mass is 10.0. The Morgan fingerprint density at radius 3 is 2.58 bits per heavy atom. The second kappa shape index (κ2) is 10.2. The van der Waals surface area contributed by atoms with E-state index in [1.165, 1.54) is 9.21 Å². The quantitative estimate of drug-likeness (QED) is 0.664. The molecule has 2 N–H and O–H groups in total. The van der Waals surface area contributed by atoms with E-state index in [1.54, 1.807) is 57.4 Å². The number of likely N-dealkylation sites (N-methyl/N-ethyl adjacent to an activating group) is 1. The summed E-state index contributed by atoms with van der Waals surface area (Å²) in [6, 6.07) is 11.6. The number of benzene rings is 2. The molecule has 0 aliphatic carbocycles. The van der Waals surface area contributed by atoms with Crippen LogP contribution in [0.5, 0.6) is 5.75 Å². The molecule has 1 amide bonds. The first-order valence-electron chi connectivity index (χ1n) is 11.0. The Labute approximate surface area is 196 Å². The lowest BCUT2D eigenvalue weighted by Crippen LogP contribution is -2.49. The van der Waals surface area contributed by atoms with Crippen molar-refractivity contribution in [3.8, 4) is 16.9 Å². The molecule has 0 unspecified atom stereocenters. The fourth-order valence-electron chi connectivity index (χ4n) is 3.94. The molecule has 0 radical (unpaired) electrons. The van der Waals surface area contributed by atoms with E-state index in [0.717, 1.165) is 11.1 Å². The van der Waals surface area contributed by atoms with Crippen LogP contribution in [0.25, 0.3) is 11.1 Å². The van der Waals surface area contributed by atoms with Gasteiger partial charge in [-0.15, -0.1) is 0 Å². The van der Waals surface area contributed by atoms with Crippen LogP contribution in [0.4, 0.5) is 0 Å². The Hall–Kier alpha value is -2.46. The molecule has 3 atom stereocenters. The van der Waals surface area contributed by atoms with Crippen LogP contribution in [0.2, 0.25) is 0 Å². The predicted octanol–water partition coefficient (Wildman–Crippen LogP) is 2.04. The maximum absolute atomic E-state index is 13.5. The predicted molar refractivity (Wildman–Crippen MR) is 128 cm³/mol. The number of nitrogens with one attached hydrogen (secondary N) is 1. The highest BCUT2D eigenvalue weighted by Gasteiger charge is 2.37. The van der Waals surface area contributed by atoms with Crippen molar-refractivity contribution in [3.63, 3.8) is 0 Å². The third-order valence-corrected chi connectivity index (χ3v) is 7.94. The van der Waals surface area contributed by atoms with Crippen molar-refractivity contribution < 1.29 is 23.1 Å². The van der Waals surface area contributed by atoms with E-state index >= 15 is 0 Å². The number of fused-ring (bicyclic) bond motifs is 1. The first kappa shape index (κ1) is 25.2. The van der Waals surface area contributed by atoms with Crippen molar-refractivity contribution in [3.05, 3.63) is 48.0 Å². The van der Waals surface area contributed by atoms with E-state index in [9.17, 15) is 18.3 Å². The van der Waals surface area contributed by atoms with Crippen molar-refractivity contribution >= 4 is 15.9 Å². The van der Waals surface area contributed by atoms with Crippen LogP contribution in [-0.4, -0.2) is 81.6 Å². The van der Waals surface area contributed by atoms with Gasteiger partial charge in [0.25, 0.3) is 5.91 Å². The van der Waals surface area contributed by atoms with E-state index in [4.69, 9.17) is 4.74 Å². The zero-order valence-electron chi connectivity index (χ0n) is 19.8. The van der Waals surface area contributed by atoms with Gasteiger partial charge in [-0.25, -0.2) is 8.42 Å². The highest BCUT2D eigenvalue weighted by Crippen LogP contribution is 2.36. The van der Waals surface area contributed by atoms with Crippen molar-refractivity contribution in [2.45, 2.75) is 30.9 Å². The van der Waals surface area contributed by atoms with E-state index in [1.807, 2.05) is 20.0 Å². The lowest BCUT2D eigenvalue weighted by Gasteiger charge is -2.36. The largest absolute Gasteiger partial charge is 0.487 e. The van der Waals surface area contributed by atoms with Crippen LogP contribution >= 0.6 is 0 Å². The number of carbonyl (C=O) groups excluding carboxylic acids is 1. The summed E-state index contributed by atoms with van der Waals surface area (Å²) in [5.74, 6) is 0.0383. The number of sulfonamides is 1. The van der Waals surface area contributed by atoms with Gasteiger partial charge in [0.2, 0.25) is 10.0 Å². The standard InChI is InChI=1S/C24H33N3O5S/c1-16-14-27(17(2)15-28)33(30,31)23-10-9-19(12-21(23)32-22(16)13-25-3)18-7-6-8-20(11-18)24(29)26(4)5/h6-12,16-17,22,25,28H,13-15H2,1-5H3/t16-,17+,22-/m1/s1. The van der Waals surface area contributed by atoms with Crippen molar-refractivity contribution in [2.24, 2.45) is 5.92 Å². The van der Waals surface area contributed by atoms with Gasteiger partial charge in [0.15, 0.2) is 0 Å². The first-order chi connectivity index (χ1) is 15.6. The van der Waals surface area contributed by atoms with Crippen molar-refractivity contribution in [2.75, 3.05) is 40.8 Å². The second-order valence-electron chi connectivity index (χ2n) is 8.74. The molecule has 0 aromatic heterocycles. The van der Waals surface area contributed by atoms with Crippen molar-refractivity contribution in [1.29, 1.82) is 0 Å². The number of hydrogen-bond donors (Lipinski definition) is 2. The molecule has 180 valence electrons. The Kier molecular flexibility index (Phi) is 7.79. The van der Waals surface area contributed by atoms with Crippen LogP contribution in [0.3, 0.4) is 0 Å². The monoisotopic (exact) mass is 475 g/mol. The number of ether oxygens (including phenoxy) is 1. The second-order valence-corrected chi connectivity index (χ2v) is 10.6. The summed E-state index contributed by atoms with van der Waals surface area (Å²) in [5, 5.41) is 12.8. The van der Waals surface area contributed by atoms with Gasteiger partial charge in [-0.05, 0) is 49.4 Å². The molecule has 1 heterocycles. The van der Waals surface area contributed by atoms with Crippen LogP contribution in [0.1, 0.15) is 24.2 Å². The summed E-state index contributed by atoms with van der Waals surface area (Å²) in [6.45, 7) is 4.15. The van der Waals surface area contributed by atoms with E-state index < -0.39 is 16.1 Å². The molecule has 2 aromatic rings. The molecule has 9 heteroatoms. The molecule has 2 aromatic carbocycles. The number of aliphatic hydroxyl groups excluding tert-OH is 1. The molecule has 1 aliphatic heterocycles. The first-order valence-corrected chi connectivity index (χ1v) is 12.4. The molecule has 0 bridgehead atoms. The maximum Gasteiger partial charge on any atom is 0.253 e. The Balaban J connectivity index is 2.13. The van der Waals surface area contributed by atoms with Gasteiger partial charge in [0, 0.05) is 44.7 Å². The molecule has 3 rings (SSSR count). The fraction of sp³-hybridized carbons (Fsp3) is 0.458. The zero-order valence-corrected chi connectivity index (χ0v) is 20.6. The maximum atomic E-state index is 13.5. The summed E-state index contributed by atoms with van der Waals surface area (Å²) in [4.78, 5) is 14.0. The van der Waals surface area contributed by atoms with Gasteiger partial charge in [-0.2, -0.15) is 4.31 Å². The molecular formula is C24H33N3O5S. The van der Waals surface area contributed by atoms with Gasteiger partial charge in [0.1, 0.15) is 16.7 Å². The van der Waals surface area contributed by atoms with E-state index in [0.29, 0.717) is 12.1 Å². The van der Waals surface area contributed by atoms with Crippen LogP contribution in [0, 0.1) is 5.92 Å². The van der Waals surface area contributed by atoms with E-state index in [2.05, 4.69) is 5.32 Å². The molecule has 1 aliphatic rings. The molecule has 8 nitrogen and oxygen atoms in total. The SMILES string of the molecule is CNC[C@H]1Oc2cc(-c3cccc(C(=O)N(C)C)c3)ccc2S(=O)(=O)N([C@@H](C)CO)C[C@H]1C. The van der Waals surface area contributed by atoms with Gasteiger partial charge < -0.3 is 20.1 Å². The summed E-state index contributed by atoms with van der Waals surface area (Å²) < 4.78 is 34.7. The topological polar surface area (TPSA) is 99.2 Å². The normalized spacial score (nSPS) is 21.3. The minimum absolute atomic E-state index is 0.0695. The Morgan fingerprint density at radius 1 is 1.24 bits per heavy atom. The van der Waals surface area contributed by atoms with Gasteiger partial charge in [-0.1, -0.05) is 25.1 Å². The minimum Gasteiger partial charge on any atom is -0.487 e. The smallest absolute Gasteiger partial charge is 0.253 e. The molecule has 0 spiro atoms. The molecular weight excluding hydrogens is 442 g/mol. The zero-order chi connectivity index (χ0) is 24.3. The van der Waals surface area contributed by atoms with Crippen molar-refractivity contribution in [1.82, 2.24) is 14.5 Å². The van der Waals surface area contributed by atoms with Gasteiger partial charge in [-0.3, -0.25) is 4.79 Å². The van der Waals surface area contributed by atoms with Gasteiger partial charge >= 0.3 is 0 Å². The number of nitrogens with zero attached hydrogens (tertiary/aromatic N) is 2. The summed E-state index contributed by atoms with van der Waals surface area (Å²) in [5.41, 5.74) is 2.07. The third kappa shape index (κ3) is 5.22. The number of aliphatic hydroxyl groups is 1. The average molecular weight is 476 g/mol. The molecule has 0 saturated carbocycles. The number of rotatable bonds is 6. The summed E-state index contributed by atoms with van der Waals surface area (Å²) in [6.07, 6.45) is -0.269. The number of amides is 1.